The van der Waals surface area contributed by atoms with Gasteiger partial charge in [-0.1, -0.05) is 60.8 Å². The molecule has 2 aromatic carbocycles. The lowest BCUT2D eigenvalue weighted by molar-refractivity contribution is -0.138. The first-order valence-electron chi connectivity index (χ1n) is 11.8. The van der Waals surface area contributed by atoms with E-state index in [1.54, 1.807) is 6.20 Å². The van der Waals surface area contributed by atoms with Gasteiger partial charge in [-0.05, 0) is 31.0 Å². The second kappa shape index (κ2) is 9.17. The van der Waals surface area contributed by atoms with Gasteiger partial charge in [0.25, 0.3) is 5.56 Å². The highest BCUT2D eigenvalue weighted by Crippen LogP contribution is 2.35. The van der Waals surface area contributed by atoms with Crippen LogP contribution in [0.1, 0.15) is 25.7 Å². The summed E-state index contributed by atoms with van der Waals surface area (Å²) >= 11 is 6.58. The summed E-state index contributed by atoms with van der Waals surface area (Å²) in [6.07, 6.45) is 5.26. The minimum absolute atomic E-state index is 0.0761. The second-order valence-electron chi connectivity index (χ2n) is 8.92. The van der Waals surface area contributed by atoms with Crippen LogP contribution in [0.2, 0.25) is 5.02 Å². The molecule has 1 fully saturated rings. The zero-order valence-corrected chi connectivity index (χ0v) is 20.0. The molecule has 0 spiro atoms. The molecule has 0 saturated heterocycles. The molecule has 0 radical (unpaired) electrons. The number of esters is 1. The molecule has 1 saturated carbocycles. The number of nitrogens with one attached hydrogen (secondary N) is 1. The van der Waals surface area contributed by atoms with E-state index in [-0.39, 0.29) is 17.6 Å². The number of hydrogen-bond donors (Lipinski definition) is 1. The molecule has 1 aliphatic carbocycles. The van der Waals surface area contributed by atoms with Gasteiger partial charge in [0.15, 0.2) is 11.4 Å². The Balaban J connectivity index is 1.53. The fourth-order valence-corrected chi connectivity index (χ4v) is 4.99. The molecular weight excluding hydrogens is 476 g/mol. The van der Waals surface area contributed by atoms with Gasteiger partial charge in [-0.3, -0.25) is 14.6 Å². The van der Waals surface area contributed by atoms with Gasteiger partial charge in [-0.2, -0.15) is 0 Å². The first kappa shape index (κ1) is 22.4. The highest BCUT2D eigenvalue weighted by Gasteiger charge is 2.26. The zero-order chi connectivity index (χ0) is 24.6. The van der Waals surface area contributed by atoms with Crippen molar-refractivity contribution in [1.29, 1.82) is 0 Å². The lowest BCUT2D eigenvalue weighted by Crippen LogP contribution is -2.22. The van der Waals surface area contributed by atoms with Crippen LogP contribution in [0.5, 0.6) is 5.75 Å². The van der Waals surface area contributed by atoms with E-state index in [0.29, 0.717) is 33.1 Å². The number of halogens is 1. The number of aromatic nitrogens is 4. The number of carbonyl (C=O) groups is 1. The lowest BCUT2D eigenvalue weighted by atomic mass is 10.0. The molecule has 0 aliphatic heterocycles. The molecule has 0 unspecified atom stereocenters. The Morgan fingerprint density at radius 2 is 1.72 bits per heavy atom. The number of ether oxygens (including phenoxy) is 1. The van der Waals surface area contributed by atoms with Crippen molar-refractivity contribution in [1.82, 2.24) is 19.9 Å². The number of H-pyrrole nitrogens is 1. The van der Waals surface area contributed by atoms with Gasteiger partial charge >= 0.3 is 5.97 Å². The van der Waals surface area contributed by atoms with Crippen molar-refractivity contribution in [2.75, 3.05) is 0 Å². The monoisotopic (exact) mass is 496 g/mol. The van der Waals surface area contributed by atoms with Crippen LogP contribution in [0, 0.1) is 5.92 Å². The van der Waals surface area contributed by atoms with Gasteiger partial charge in [0, 0.05) is 28.8 Å². The average Bonchev–Trinajstić information content (AvgIpc) is 3.44. The van der Waals surface area contributed by atoms with Gasteiger partial charge in [-0.25, -0.2) is 9.97 Å². The molecule has 7 nitrogen and oxygen atoms in total. The number of fused-ring (bicyclic) bond motifs is 2. The first-order chi connectivity index (χ1) is 17.6. The van der Waals surface area contributed by atoms with Gasteiger partial charge in [0.1, 0.15) is 5.52 Å². The Hall–Kier alpha value is -4.10. The summed E-state index contributed by atoms with van der Waals surface area (Å²) in [4.78, 5) is 42.1. The van der Waals surface area contributed by atoms with Crippen LogP contribution in [0.25, 0.3) is 44.6 Å². The van der Waals surface area contributed by atoms with Crippen LogP contribution in [-0.4, -0.2) is 25.9 Å². The molecule has 3 heterocycles. The summed E-state index contributed by atoms with van der Waals surface area (Å²) in [5, 5.41) is 1.37. The quantitative estimate of drug-likeness (QED) is 0.309. The summed E-state index contributed by atoms with van der Waals surface area (Å²) in [5.74, 6) is -0.622. The summed E-state index contributed by atoms with van der Waals surface area (Å²) in [6, 6.07) is 18.6. The Kier molecular flexibility index (Phi) is 5.70. The Bertz CT molecular complexity index is 1680. The molecule has 0 bridgehead atoms. The largest absolute Gasteiger partial charge is 0.420 e. The number of rotatable bonds is 4. The minimum atomic E-state index is -0.519. The third-order valence-electron chi connectivity index (χ3n) is 6.52. The molecule has 36 heavy (non-hydrogen) atoms. The molecular formula is C28H21ClN4O3. The maximum absolute atomic E-state index is 12.8. The van der Waals surface area contributed by atoms with E-state index in [9.17, 15) is 9.59 Å². The normalized spacial score (nSPS) is 13.9. The highest BCUT2D eigenvalue weighted by molar-refractivity contribution is 6.35. The van der Waals surface area contributed by atoms with Crippen LogP contribution < -0.4 is 10.3 Å². The van der Waals surface area contributed by atoms with E-state index in [1.165, 1.54) is 6.07 Å². The second-order valence-corrected chi connectivity index (χ2v) is 9.33. The van der Waals surface area contributed by atoms with Crippen molar-refractivity contribution < 1.29 is 9.53 Å². The lowest BCUT2D eigenvalue weighted by Gasteiger charge is -2.13. The van der Waals surface area contributed by atoms with Crippen LogP contribution in [0.4, 0.5) is 0 Å². The number of nitrogens with zero attached hydrogens (tertiary/aromatic N) is 3. The average molecular weight is 497 g/mol. The fraction of sp³-hybridized carbons (Fsp3) is 0.179. The Morgan fingerprint density at radius 1 is 0.944 bits per heavy atom. The topological polar surface area (TPSA) is 97.8 Å². The van der Waals surface area contributed by atoms with Crippen molar-refractivity contribution in [3.8, 4) is 28.3 Å². The van der Waals surface area contributed by atoms with E-state index in [2.05, 4.69) is 9.97 Å². The molecule has 5 aromatic rings. The smallest absolute Gasteiger partial charge is 0.314 e. The molecule has 0 amide bonds. The number of pyridine rings is 2. The number of benzene rings is 2. The number of carbonyl (C=O) groups excluding carboxylic acids is 1. The van der Waals surface area contributed by atoms with Gasteiger partial charge in [-0.15, -0.1) is 0 Å². The summed E-state index contributed by atoms with van der Waals surface area (Å²) in [7, 11) is 0. The van der Waals surface area contributed by atoms with Crippen LogP contribution in [0.15, 0.2) is 71.7 Å². The van der Waals surface area contributed by atoms with Crippen molar-refractivity contribution in [2.24, 2.45) is 5.92 Å². The molecule has 3 aromatic heterocycles. The molecule has 1 aliphatic rings. The van der Waals surface area contributed by atoms with E-state index in [1.807, 2.05) is 54.6 Å². The maximum atomic E-state index is 12.8. The van der Waals surface area contributed by atoms with E-state index < -0.39 is 5.56 Å². The van der Waals surface area contributed by atoms with Crippen LogP contribution >= 0.6 is 11.6 Å². The van der Waals surface area contributed by atoms with Crippen molar-refractivity contribution in [2.45, 2.75) is 25.7 Å². The zero-order valence-electron chi connectivity index (χ0n) is 19.2. The number of hydrogen-bond acceptors (Lipinski definition) is 6. The third-order valence-corrected chi connectivity index (χ3v) is 6.81. The minimum Gasteiger partial charge on any atom is -0.420 e. The molecule has 8 heteroatoms. The van der Waals surface area contributed by atoms with Crippen molar-refractivity contribution >= 4 is 39.6 Å². The van der Waals surface area contributed by atoms with Gasteiger partial charge in [0.05, 0.1) is 27.8 Å². The van der Waals surface area contributed by atoms with E-state index in [0.717, 1.165) is 42.2 Å². The molecule has 0 atom stereocenters. The van der Waals surface area contributed by atoms with Gasteiger partial charge in [0.2, 0.25) is 0 Å². The molecule has 6 rings (SSSR count). The van der Waals surface area contributed by atoms with Crippen LogP contribution in [0.3, 0.4) is 0 Å². The van der Waals surface area contributed by atoms with E-state index in [4.69, 9.17) is 26.3 Å². The predicted octanol–water partition coefficient (Wildman–Crippen LogP) is 5.95. The van der Waals surface area contributed by atoms with Crippen molar-refractivity contribution in [3.05, 3.63) is 82.2 Å². The number of aromatic amines is 1. The standard InChI is InChI=1S/C28H21ClN4O3/c29-20-14-19(13-18-11-6-12-30-23(18)20)25-24(16-7-2-1-3-8-16)32-26-21(31-25)15-22(27(34)33-26)36-28(35)17-9-4-5-10-17/h1-3,6-8,11-15,17H,4-5,9-10H2,(H,32,33,34). The fourth-order valence-electron chi connectivity index (χ4n) is 4.71. The maximum Gasteiger partial charge on any atom is 0.314 e. The van der Waals surface area contributed by atoms with Gasteiger partial charge < -0.3 is 9.72 Å². The van der Waals surface area contributed by atoms with Crippen molar-refractivity contribution in [3.63, 3.8) is 0 Å². The summed E-state index contributed by atoms with van der Waals surface area (Å²) < 4.78 is 5.49. The highest BCUT2D eigenvalue weighted by atomic mass is 35.5. The predicted molar refractivity (Wildman–Crippen MR) is 139 cm³/mol. The first-order valence-corrected chi connectivity index (χ1v) is 12.2. The van der Waals surface area contributed by atoms with Crippen LogP contribution in [-0.2, 0) is 4.79 Å². The Labute approximate surface area is 211 Å². The summed E-state index contributed by atoms with van der Waals surface area (Å²) in [6.45, 7) is 0. The Morgan fingerprint density at radius 3 is 2.53 bits per heavy atom. The molecule has 178 valence electrons. The molecule has 1 N–H and O–H groups in total. The SMILES string of the molecule is O=C(Oc1cc2nc(-c3cc(Cl)c4ncccc4c3)c(-c3ccccc3)nc2[nH]c1=O)C1CCCC1. The summed E-state index contributed by atoms with van der Waals surface area (Å²) in [5.41, 5.74) is 3.65. The van der Waals surface area contributed by atoms with E-state index >= 15 is 0 Å². The third kappa shape index (κ3) is 4.12.